The van der Waals surface area contributed by atoms with Gasteiger partial charge >= 0.3 is 0 Å². The van der Waals surface area contributed by atoms with Crippen molar-refractivity contribution in [3.05, 3.63) is 71.2 Å². The minimum absolute atomic E-state index is 0.0214. The second kappa shape index (κ2) is 6.90. The molecule has 1 amide bonds. The lowest BCUT2D eigenvalue weighted by atomic mass is 10.1. The van der Waals surface area contributed by atoms with Crippen molar-refractivity contribution in [3.8, 4) is 28.7 Å². The number of carbonyl (C=O) groups excluding carboxylic acids is 1. The van der Waals surface area contributed by atoms with Crippen LogP contribution in [0.2, 0.25) is 0 Å². The van der Waals surface area contributed by atoms with Crippen LogP contribution < -0.4 is 10.9 Å². The van der Waals surface area contributed by atoms with E-state index in [0.717, 1.165) is 18.4 Å². The number of furan rings is 1. The van der Waals surface area contributed by atoms with Crippen LogP contribution in [0.5, 0.6) is 0 Å². The second-order valence-electron chi connectivity index (χ2n) is 6.89. The van der Waals surface area contributed by atoms with E-state index < -0.39 is 0 Å². The number of hydrogen-bond acceptors (Lipinski definition) is 5. The zero-order valence-electron chi connectivity index (χ0n) is 15.3. The van der Waals surface area contributed by atoms with Gasteiger partial charge in [0.1, 0.15) is 11.5 Å². The Labute approximate surface area is 165 Å². The number of aromatic amines is 1. The van der Waals surface area contributed by atoms with Crippen LogP contribution in [0, 0.1) is 5.92 Å². The Hall–Kier alpha value is -3.94. The molecule has 0 unspecified atom stereocenters. The largest absolute Gasteiger partial charge is 0.463 e. The molecule has 1 aliphatic carbocycles. The van der Waals surface area contributed by atoms with Crippen molar-refractivity contribution in [1.29, 1.82) is 0 Å². The van der Waals surface area contributed by atoms with Crippen LogP contribution in [0.25, 0.3) is 28.7 Å². The molecular weight excluding hydrogens is 370 g/mol. The Morgan fingerprint density at radius 2 is 1.93 bits per heavy atom. The lowest BCUT2D eigenvalue weighted by Crippen LogP contribution is -2.19. The summed E-state index contributed by atoms with van der Waals surface area (Å²) in [6.07, 6.45) is 3.31. The molecule has 0 bridgehead atoms. The van der Waals surface area contributed by atoms with Gasteiger partial charge in [-0.05, 0) is 25.0 Å². The van der Waals surface area contributed by atoms with E-state index in [1.807, 2.05) is 30.3 Å². The van der Waals surface area contributed by atoms with Crippen LogP contribution in [0.4, 0.5) is 5.82 Å². The van der Waals surface area contributed by atoms with Crippen molar-refractivity contribution in [2.75, 3.05) is 5.32 Å². The first-order valence-electron chi connectivity index (χ1n) is 9.29. The zero-order chi connectivity index (χ0) is 19.8. The lowest BCUT2D eigenvalue weighted by molar-refractivity contribution is -0.117. The first-order valence-corrected chi connectivity index (χ1v) is 9.29. The Morgan fingerprint density at radius 3 is 2.66 bits per heavy atom. The smallest absolute Gasteiger partial charge is 0.252 e. The normalized spacial score (nSPS) is 13.4. The number of amides is 1. The minimum atomic E-state index is -0.316. The molecule has 2 N–H and O–H groups in total. The van der Waals surface area contributed by atoms with Gasteiger partial charge in [0.25, 0.3) is 5.56 Å². The molecule has 8 heteroatoms. The average molecular weight is 387 g/mol. The fourth-order valence-corrected chi connectivity index (χ4v) is 3.05. The van der Waals surface area contributed by atoms with Crippen LogP contribution in [0.3, 0.4) is 0 Å². The number of carbonyl (C=O) groups is 1. The fraction of sp³-hybridized carbons (Fsp3) is 0.143. The summed E-state index contributed by atoms with van der Waals surface area (Å²) in [6, 6.07) is 16.1. The number of nitrogens with one attached hydrogen (secondary N) is 2. The molecule has 8 nitrogen and oxygen atoms in total. The van der Waals surface area contributed by atoms with E-state index >= 15 is 0 Å². The highest BCUT2D eigenvalue weighted by atomic mass is 16.3. The Morgan fingerprint density at radius 1 is 1.10 bits per heavy atom. The van der Waals surface area contributed by atoms with Gasteiger partial charge in [0, 0.05) is 23.6 Å². The molecule has 1 fully saturated rings. The van der Waals surface area contributed by atoms with E-state index in [0.29, 0.717) is 23.0 Å². The standard InChI is InChI=1S/C21H17N5O3/c27-19-12-15(13-5-2-1-3-6-13)22-21(24-19)26-18(23-20(28)14-8-9-14)11-16(25-26)17-7-4-10-29-17/h1-7,10-12,14H,8-9H2,(H,23,28)(H,22,24,27). The summed E-state index contributed by atoms with van der Waals surface area (Å²) in [6.45, 7) is 0. The number of benzene rings is 1. The van der Waals surface area contributed by atoms with Gasteiger partial charge in [0.15, 0.2) is 5.76 Å². The molecule has 1 saturated carbocycles. The summed E-state index contributed by atoms with van der Waals surface area (Å²) in [5, 5.41) is 7.40. The van der Waals surface area contributed by atoms with Crippen LogP contribution >= 0.6 is 0 Å². The number of rotatable bonds is 5. The highest BCUT2D eigenvalue weighted by Gasteiger charge is 2.30. The third-order valence-corrected chi connectivity index (χ3v) is 4.68. The molecule has 4 aromatic rings. The Bertz CT molecular complexity index is 1220. The van der Waals surface area contributed by atoms with Crippen LogP contribution in [0.1, 0.15) is 12.8 Å². The van der Waals surface area contributed by atoms with Gasteiger partial charge in [-0.2, -0.15) is 9.78 Å². The second-order valence-corrected chi connectivity index (χ2v) is 6.89. The molecule has 0 atom stereocenters. The maximum absolute atomic E-state index is 12.3. The maximum Gasteiger partial charge on any atom is 0.252 e. The van der Waals surface area contributed by atoms with Gasteiger partial charge in [0.05, 0.1) is 12.0 Å². The summed E-state index contributed by atoms with van der Waals surface area (Å²) in [7, 11) is 0. The molecule has 0 spiro atoms. The molecule has 0 radical (unpaired) electrons. The van der Waals surface area contributed by atoms with Gasteiger partial charge < -0.3 is 9.73 Å². The number of aromatic nitrogens is 4. The van der Waals surface area contributed by atoms with E-state index in [1.54, 1.807) is 24.5 Å². The highest BCUT2D eigenvalue weighted by molar-refractivity contribution is 5.94. The molecule has 1 aromatic carbocycles. The van der Waals surface area contributed by atoms with Gasteiger partial charge in [-0.25, -0.2) is 4.98 Å². The van der Waals surface area contributed by atoms with Crippen LogP contribution in [-0.4, -0.2) is 25.7 Å². The molecule has 3 heterocycles. The van der Waals surface area contributed by atoms with Crippen molar-refractivity contribution in [1.82, 2.24) is 19.7 Å². The van der Waals surface area contributed by atoms with E-state index in [4.69, 9.17) is 4.42 Å². The number of H-pyrrole nitrogens is 1. The Balaban J connectivity index is 1.61. The summed E-state index contributed by atoms with van der Waals surface area (Å²) in [4.78, 5) is 31.9. The topological polar surface area (TPSA) is 106 Å². The molecular formula is C21H17N5O3. The quantitative estimate of drug-likeness (QED) is 0.547. The van der Waals surface area contributed by atoms with Gasteiger partial charge in [-0.3, -0.25) is 14.6 Å². The molecule has 0 aliphatic heterocycles. The van der Waals surface area contributed by atoms with Gasteiger partial charge in [-0.1, -0.05) is 30.3 Å². The lowest BCUT2D eigenvalue weighted by Gasteiger charge is -2.09. The molecule has 1 aliphatic rings. The predicted octanol–water partition coefficient (Wildman–Crippen LogP) is 3.23. The number of anilines is 1. The van der Waals surface area contributed by atoms with Crippen molar-refractivity contribution in [3.63, 3.8) is 0 Å². The van der Waals surface area contributed by atoms with Crippen molar-refractivity contribution >= 4 is 11.7 Å². The first kappa shape index (κ1) is 17.2. The number of hydrogen-bond donors (Lipinski definition) is 2. The summed E-state index contributed by atoms with van der Waals surface area (Å²) < 4.78 is 6.85. The zero-order valence-corrected chi connectivity index (χ0v) is 15.3. The van der Waals surface area contributed by atoms with Crippen molar-refractivity contribution in [2.45, 2.75) is 12.8 Å². The molecule has 29 heavy (non-hydrogen) atoms. The predicted molar refractivity (Wildman–Crippen MR) is 106 cm³/mol. The van der Waals surface area contributed by atoms with Crippen LogP contribution in [-0.2, 0) is 4.79 Å². The monoisotopic (exact) mass is 387 g/mol. The Kier molecular flexibility index (Phi) is 4.09. The number of nitrogens with zero attached hydrogens (tertiary/aromatic N) is 3. The first-order chi connectivity index (χ1) is 14.2. The summed E-state index contributed by atoms with van der Waals surface area (Å²) in [5.74, 6) is 1.13. The van der Waals surface area contributed by atoms with E-state index in [2.05, 4.69) is 20.4 Å². The minimum Gasteiger partial charge on any atom is -0.463 e. The van der Waals surface area contributed by atoms with Gasteiger partial charge in [-0.15, -0.1) is 0 Å². The molecule has 144 valence electrons. The van der Waals surface area contributed by atoms with Crippen molar-refractivity contribution < 1.29 is 9.21 Å². The average Bonchev–Trinajstić information content (AvgIpc) is 3.28. The van der Waals surface area contributed by atoms with E-state index in [1.165, 1.54) is 10.7 Å². The molecule has 5 rings (SSSR count). The third-order valence-electron chi connectivity index (χ3n) is 4.68. The van der Waals surface area contributed by atoms with E-state index in [9.17, 15) is 9.59 Å². The van der Waals surface area contributed by atoms with Crippen LogP contribution in [0.15, 0.2) is 70.1 Å². The summed E-state index contributed by atoms with van der Waals surface area (Å²) in [5.41, 5.74) is 1.53. The molecule has 3 aromatic heterocycles. The van der Waals surface area contributed by atoms with E-state index in [-0.39, 0.29) is 23.3 Å². The van der Waals surface area contributed by atoms with Crippen molar-refractivity contribution in [2.24, 2.45) is 5.92 Å². The SMILES string of the molecule is O=C(Nc1cc(-c2ccco2)nn1-c1nc(-c2ccccc2)cc(=O)[nH]1)C1CC1. The third kappa shape index (κ3) is 3.47. The fourth-order valence-electron chi connectivity index (χ4n) is 3.05. The summed E-state index contributed by atoms with van der Waals surface area (Å²) >= 11 is 0. The van der Waals surface area contributed by atoms with Gasteiger partial charge in [0.2, 0.25) is 11.9 Å². The maximum atomic E-state index is 12.3. The molecule has 0 saturated heterocycles. The highest BCUT2D eigenvalue weighted by Crippen LogP contribution is 2.31.